The summed E-state index contributed by atoms with van der Waals surface area (Å²) in [6.45, 7) is 0. The summed E-state index contributed by atoms with van der Waals surface area (Å²) in [5, 5.41) is 11.5. The van der Waals surface area contributed by atoms with Crippen LogP contribution in [-0.2, 0) is 9.59 Å². The number of nitrogens with two attached hydrogens (primary N) is 1. The Labute approximate surface area is 141 Å². The van der Waals surface area contributed by atoms with Gasteiger partial charge in [0.25, 0.3) is 5.91 Å². The lowest BCUT2D eigenvalue weighted by Crippen LogP contribution is -2.41. The third-order valence-electron chi connectivity index (χ3n) is 3.24. The number of carbonyl (C=O) groups is 3. The smallest absolute Gasteiger partial charge is 0.326 e. The molecule has 1 aromatic carbocycles. The quantitative estimate of drug-likeness (QED) is 0.709. The maximum Gasteiger partial charge on any atom is 0.326 e. The van der Waals surface area contributed by atoms with Crippen LogP contribution < -0.4 is 11.1 Å². The maximum atomic E-state index is 12.9. The van der Waals surface area contributed by atoms with Gasteiger partial charge in [-0.2, -0.15) is 0 Å². The third kappa shape index (κ3) is 4.63. The number of carboxylic acids is 1. The summed E-state index contributed by atoms with van der Waals surface area (Å²) in [6.07, 6.45) is -0.213. The number of nitrogens with one attached hydrogen (secondary N) is 1. The van der Waals surface area contributed by atoms with Crippen molar-refractivity contribution in [3.8, 4) is 10.4 Å². The van der Waals surface area contributed by atoms with Crippen molar-refractivity contribution in [2.24, 2.45) is 5.73 Å². The molecule has 8 heteroatoms. The van der Waals surface area contributed by atoms with Gasteiger partial charge in [-0.3, -0.25) is 9.59 Å². The van der Waals surface area contributed by atoms with E-state index in [0.717, 1.165) is 21.8 Å². The minimum absolute atomic E-state index is 0.0768. The van der Waals surface area contributed by atoms with E-state index in [2.05, 4.69) is 5.32 Å². The zero-order valence-electron chi connectivity index (χ0n) is 12.5. The molecule has 2 rings (SSSR count). The molecule has 0 aliphatic rings. The van der Waals surface area contributed by atoms with E-state index in [1.807, 2.05) is 0 Å². The second kappa shape index (κ2) is 7.69. The maximum absolute atomic E-state index is 12.9. The first-order chi connectivity index (χ1) is 11.4. The number of primary amides is 1. The second-order valence-electron chi connectivity index (χ2n) is 5.04. The topological polar surface area (TPSA) is 109 Å². The SMILES string of the molecule is NC(=O)CC[C@H](NC(=O)c1ccc(-c2ccc(F)cc2)s1)C(=O)O. The van der Waals surface area contributed by atoms with Crippen LogP contribution in [-0.4, -0.2) is 28.9 Å². The van der Waals surface area contributed by atoms with Gasteiger partial charge in [-0.05, 0) is 36.2 Å². The van der Waals surface area contributed by atoms with Crippen molar-refractivity contribution in [2.75, 3.05) is 0 Å². The number of amides is 2. The highest BCUT2D eigenvalue weighted by Crippen LogP contribution is 2.28. The summed E-state index contributed by atoms with van der Waals surface area (Å²) in [4.78, 5) is 35.1. The Balaban J connectivity index is 2.08. The monoisotopic (exact) mass is 350 g/mol. The fraction of sp³-hybridized carbons (Fsp3) is 0.188. The predicted molar refractivity (Wildman–Crippen MR) is 87.0 cm³/mol. The molecule has 0 spiro atoms. The molecule has 1 aromatic heterocycles. The molecule has 126 valence electrons. The van der Waals surface area contributed by atoms with Gasteiger partial charge in [-0.25, -0.2) is 9.18 Å². The van der Waals surface area contributed by atoms with Gasteiger partial charge in [-0.15, -0.1) is 11.3 Å². The predicted octanol–water partition coefficient (Wildman–Crippen LogP) is 2.00. The second-order valence-corrected chi connectivity index (χ2v) is 6.12. The molecule has 0 saturated heterocycles. The highest BCUT2D eigenvalue weighted by atomic mass is 32.1. The number of halogens is 1. The van der Waals surface area contributed by atoms with Gasteiger partial charge < -0.3 is 16.2 Å². The molecular formula is C16H15FN2O4S. The molecule has 2 amide bonds. The molecule has 0 saturated carbocycles. The van der Waals surface area contributed by atoms with Crippen LogP contribution in [0.3, 0.4) is 0 Å². The summed E-state index contributed by atoms with van der Waals surface area (Å²) in [7, 11) is 0. The average molecular weight is 350 g/mol. The van der Waals surface area contributed by atoms with E-state index in [4.69, 9.17) is 10.8 Å². The Morgan fingerprint density at radius 3 is 2.42 bits per heavy atom. The number of carboxylic acid groups (broad SMARTS) is 1. The molecule has 0 radical (unpaired) electrons. The minimum Gasteiger partial charge on any atom is -0.480 e. The van der Waals surface area contributed by atoms with Crippen LogP contribution in [0, 0.1) is 5.82 Å². The summed E-state index contributed by atoms with van der Waals surface area (Å²) >= 11 is 1.16. The van der Waals surface area contributed by atoms with Gasteiger partial charge >= 0.3 is 5.97 Å². The summed E-state index contributed by atoms with van der Waals surface area (Å²) in [5.74, 6) is -2.78. The molecular weight excluding hydrogens is 335 g/mol. The largest absolute Gasteiger partial charge is 0.480 e. The molecule has 0 bridgehead atoms. The molecule has 0 unspecified atom stereocenters. The van der Waals surface area contributed by atoms with Crippen LogP contribution in [0.1, 0.15) is 22.5 Å². The number of hydrogen-bond acceptors (Lipinski definition) is 4. The van der Waals surface area contributed by atoms with Gasteiger partial charge in [0.15, 0.2) is 0 Å². The van der Waals surface area contributed by atoms with Crippen molar-refractivity contribution in [2.45, 2.75) is 18.9 Å². The molecule has 6 nitrogen and oxygen atoms in total. The number of carbonyl (C=O) groups excluding carboxylic acids is 2. The van der Waals surface area contributed by atoms with Gasteiger partial charge in [0, 0.05) is 11.3 Å². The van der Waals surface area contributed by atoms with E-state index >= 15 is 0 Å². The Hall–Kier alpha value is -2.74. The molecule has 1 atom stereocenters. The first-order valence-corrected chi connectivity index (χ1v) is 7.86. The molecule has 0 aliphatic carbocycles. The van der Waals surface area contributed by atoms with Crippen molar-refractivity contribution >= 4 is 29.1 Å². The lowest BCUT2D eigenvalue weighted by atomic mass is 10.1. The van der Waals surface area contributed by atoms with Crippen LogP contribution in [0.2, 0.25) is 0 Å². The highest BCUT2D eigenvalue weighted by Gasteiger charge is 2.22. The number of thiophene rings is 1. The van der Waals surface area contributed by atoms with E-state index < -0.39 is 23.8 Å². The van der Waals surface area contributed by atoms with E-state index in [0.29, 0.717) is 4.88 Å². The van der Waals surface area contributed by atoms with Gasteiger partial charge in [0.05, 0.1) is 4.88 Å². The third-order valence-corrected chi connectivity index (χ3v) is 4.37. The van der Waals surface area contributed by atoms with Crippen molar-refractivity contribution in [3.63, 3.8) is 0 Å². The van der Waals surface area contributed by atoms with Crippen molar-refractivity contribution in [3.05, 3.63) is 47.1 Å². The zero-order valence-corrected chi connectivity index (χ0v) is 13.3. The number of benzene rings is 1. The van der Waals surface area contributed by atoms with Crippen molar-refractivity contribution in [1.29, 1.82) is 0 Å². The first-order valence-electron chi connectivity index (χ1n) is 7.04. The van der Waals surface area contributed by atoms with Crippen molar-refractivity contribution in [1.82, 2.24) is 5.32 Å². The standard InChI is InChI=1S/C16H15FN2O4S/c17-10-3-1-9(2-4-10)12-6-7-13(24-12)15(21)19-11(16(22)23)5-8-14(18)20/h1-4,6-7,11H,5,8H2,(H2,18,20)(H,19,21)(H,22,23)/t11-/m0/s1. The van der Waals surface area contributed by atoms with Crippen LogP contribution in [0.25, 0.3) is 10.4 Å². The first kappa shape index (κ1) is 17.6. The summed E-state index contributed by atoms with van der Waals surface area (Å²) in [5.41, 5.74) is 5.75. The summed E-state index contributed by atoms with van der Waals surface area (Å²) < 4.78 is 12.9. The molecule has 1 heterocycles. The Bertz CT molecular complexity index is 758. The number of rotatable bonds is 7. The van der Waals surface area contributed by atoms with E-state index in [1.165, 1.54) is 12.1 Å². The fourth-order valence-electron chi connectivity index (χ4n) is 2.00. The minimum atomic E-state index is -1.24. The fourth-order valence-corrected chi connectivity index (χ4v) is 2.92. The molecule has 4 N–H and O–H groups in total. The van der Waals surface area contributed by atoms with Crippen LogP contribution >= 0.6 is 11.3 Å². The lowest BCUT2D eigenvalue weighted by molar-refractivity contribution is -0.139. The molecule has 24 heavy (non-hydrogen) atoms. The van der Waals surface area contributed by atoms with E-state index in [1.54, 1.807) is 24.3 Å². The van der Waals surface area contributed by atoms with Gasteiger partial charge in [0.2, 0.25) is 5.91 Å². The molecule has 2 aromatic rings. The van der Waals surface area contributed by atoms with Gasteiger partial charge in [-0.1, -0.05) is 12.1 Å². The normalized spacial score (nSPS) is 11.7. The van der Waals surface area contributed by atoms with Crippen molar-refractivity contribution < 1.29 is 23.9 Å². The average Bonchev–Trinajstić information content (AvgIpc) is 3.01. The highest BCUT2D eigenvalue weighted by molar-refractivity contribution is 7.17. The molecule has 0 aliphatic heterocycles. The van der Waals surface area contributed by atoms with Gasteiger partial charge in [0.1, 0.15) is 11.9 Å². The molecule has 0 fully saturated rings. The lowest BCUT2D eigenvalue weighted by Gasteiger charge is -2.12. The zero-order chi connectivity index (χ0) is 17.7. The van der Waals surface area contributed by atoms with E-state index in [9.17, 15) is 18.8 Å². The Kier molecular flexibility index (Phi) is 5.64. The summed E-state index contributed by atoms with van der Waals surface area (Å²) in [6, 6.07) is 7.89. The Morgan fingerprint density at radius 1 is 1.17 bits per heavy atom. The Morgan fingerprint density at radius 2 is 1.83 bits per heavy atom. The number of hydrogen-bond donors (Lipinski definition) is 3. The van der Waals surface area contributed by atoms with E-state index in [-0.39, 0.29) is 18.7 Å². The van der Waals surface area contributed by atoms with Crippen LogP contribution in [0.15, 0.2) is 36.4 Å². The van der Waals surface area contributed by atoms with Crippen LogP contribution in [0.4, 0.5) is 4.39 Å². The van der Waals surface area contributed by atoms with Crippen LogP contribution in [0.5, 0.6) is 0 Å². The number of aliphatic carboxylic acids is 1.